The van der Waals surface area contributed by atoms with Crippen LogP contribution in [0.5, 0.6) is 0 Å². The molecule has 0 aliphatic carbocycles. The lowest BCUT2D eigenvalue weighted by Crippen LogP contribution is -1.95. The zero-order valence-corrected chi connectivity index (χ0v) is 8.26. The highest BCUT2D eigenvalue weighted by Crippen LogP contribution is 2.15. The highest BCUT2D eigenvalue weighted by Gasteiger charge is 2.02. The molecule has 0 saturated heterocycles. The minimum Gasteiger partial charge on any atom is -0.261 e. The third kappa shape index (κ3) is 2.07. The van der Waals surface area contributed by atoms with E-state index in [1.54, 1.807) is 0 Å². The first-order valence-corrected chi connectivity index (χ1v) is 4.37. The van der Waals surface area contributed by atoms with Gasteiger partial charge in [-0.15, -0.1) is 0 Å². The van der Waals surface area contributed by atoms with E-state index in [9.17, 15) is 0 Å². The third-order valence-electron chi connectivity index (χ3n) is 1.96. The van der Waals surface area contributed by atoms with E-state index in [-0.39, 0.29) is 0 Å². The van der Waals surface area contributed by atoms with Gasteiger partial charge in [-0.3, -0.25) is 4.98 Å². The van der Waals surface area contributed by atoms with Gasteiger partial charge in [0.05, 0.1) is 0 Å². The molecule has 0 N–H and O–H groups in total. The summed E-state index contributed by atoms with van der Waals surface area (Å²) in [4.78, 5) is 4.38. The Morgan fingerprint density at radius 1 is 1.25 bits per heavy atom. The van der Waals surface area contributed by atoms with Crippen LogP contribution >= 0.6 is 0 Å². The van der Waals surface area contributed by atoms with Crippen LogP contribution in [0.1, 0.15) is 44.9 Å². The summed E-state index contributed by atoms with van der Waals surface area (Å²) < 4.78 is 0. The molecule has 0 saturated carbocycles. The van der Waals surface area contributed by atoms with Crippen molar-refractivity contribution in [2.75, 3.05) is 0 Å². The second-order valence-corrected chi connectivity index (χ2v) is 3.63. The summed E-state index contributed by atoms with van der Waals surface area (Å²) >= 11 is 0. The maximum absolute atomic E-state index is 4.38. The van der Waals surface area contributed by atoms with Crippen LogP contribution in [0.15, 0.2) is 18.3 Å². The SMILES string of the molecule is C[C](C)c1ccc(C(C)C)nc1. The van der Waals surface area contributed by atoms with Crippen molar-refractivity contribution in [3.8, 4) is 0 Å². The van der Waals surface area contributed by atoms with Gasteiger partial charge < -0.3 is 0 Å². The van der Waals surface area contributed by atoms with Gasteiger partial charge in [-0.1, -0.05) is 33.8 Å². The van der Waals surface area contributed by atoms with Crippen molar-refractivity contribution in [3.63, 3.8) is 0 Å². The average Bonchev–Trinajstić information content (AvgIpc) is 2.04. The van der Waals surface area contributed by atoms with Crippen molar-refractivity contribution in [2.45, 2.75) is 33.6 Å². The molecule has 1 radical (unpaired) electrons. The fourth-order valence-electron chi connectivity index (χ4n) is 1.04. The fourth-order valence-corrected chi connectivity index (χ4v) is 1.04. The monoisotopic (exact) mass is 162 g/mol. The van der Waals surface area contributed by atoms with E-state index in [2.05, 4.69) is 44.8 Å². The Bertz CT molecular complexity index is 207. The van der Waals surface area contributed by atoms with Gasteiger partial charge >= 0.3 is 0 Å². The minimum atomic E-state index is 0.524. The quantitative estimate of drug-likeness (QED) is 0.651. The molecule has 0 aliphatic rings. The largest absolute Gasteiger partial charge is 0.261 e. The van der Waals surface area contributed by atoms with E-state index >= 15 is 0 Å². The van der Waals surface area contributed by atoms with E-state index in [0.29, 0.717) is 5.92 Å². The van der Waals surface area contributed by atoms with Crippen molar-refractivity contribution < 1.29 is 0 Å². The lowest BCUT2D eigenvalue weighted by atomic mass is 10.0. The summed E-state index contributed by atoms with van der Waals surface area (Å²) in [5, 5.41) is 0. The normalized spacial score (nSPS) is 11.2. The molecule has 0 bridgehead atoms. The summed E-state index contributed by atoms with van der Waals surface area (Å²) in [6.07, 6.45) is 1.95. The van der Waals surface area contributed by atoms with Gasteiger partial charge in [0.15, 0.2) is 0 Å². The van der Waals surface area contributed by atoms with Crippen LogP contribution in [0.2, 0.25) is 0 Å². The maximum Gasteiger partial charge on any atom is 0.0429 e. The van der Waals surface area contributed by atoms with Crippen LogP contribution in [0.3, 0.4) is 0 Å². The van der Waals surface area contributed by atoms with Crippen molar-refractivity contribution in [3.05, 3.63) is 35.5 Å². The van der Waals surface area contributed by atoms with E-state index < -0.39 is 0 Å². The van der Waals surface area contributed by atoms with E-state index in [4.69, 9.17) is 0 Å². The van der Waals surface area contributed by atoms with Crippen LogP contribution in [0.4, 0.5) is 0 Å². The second-order valence-electron chi connectivity index (χ2n) is 3.63. The highest BCUT2D eigenvalue weighted by atomic mass is 14.7. The standard InChI is InChI=1S/C11H16N/c1-8(2)10-5-6-11(9(3)4)12-7-10/h5-7,9H,1-4H3. The lowest BCUT2D eigenvalue weighted by molar-refractivity contribution is 0.820. The Kier molecular flexibility index (Phi) is 2.85. The molecule has 1 heteroatoms. The van der Waals surface area contributed by atoms with Crippen LogP contribution in [0, 0.1) is 5.92 Å². The second kappa shape index (κ2) is 3.70. The first-order valence-electron chi connectivity index (χ1n) is 4.37. The first-order chi connectivity index (χ1) is 5.61. The Hall–Kier alpha value is -0.850. The molecule has 0 atom stereocenters. The van der Waals surface area contributed by atoms with Crippen molar-refractivity contribution in [1.29, 1.82) is 0 Å². The molecule has 1 aromatic heterocycles. The number of aromatic nitrogens is 1. The van der Waals surface area contributed by atoms with Crippen LogP contribution < -0.4 is 0 Å². The van der Waals surface area contributed by atoms with Gasteiger partial charge in [0.2, 0.25) is 0 Å². The molecule has 1 rings (SSSR count). The van der Waals surface area contributed by atoms with Gasteiger partial charge in [-0.2, -0.15) is 0 Å². The Labute approximate surface area is 74.8 Å². The maximum atomic E-state index is 4.38. The minimum absolute atomic E-state index is 0.524. The zero-order valence-electron chi connectivity index (χ0n) is 8.26. The lowest BCUT2D eigenvalue weighted by Gasteiger charge is -2.07. The van der Waals surface area contributed by atoms with E-state index in [1.807, 2.05) is 6.20 Å². The van der Waals surface area contributed by atoms with Gasteiger partial charge in [-0.05, 0) is 17.5 Å². The van der Waals surface area contributed by atoms with Crippen molar-refractivity contribution >= 4 is 0 Å². The summed E-state index contributed by atoms with van der Waals surface area (Å²) in [5.41, 5.74) is 2.40. The highest BCUT2D eigenvalue weighted by molar-refractivity contribution is 5.26. The number of hydrogen-bond acceptors (Lipinski definition) is 1. The van der Waals surface area contributed by atoms with Crippen LogP contribution in [-0.2, 0) is 0 Å². The molecule has 1 aromatic rings. The van der Waals surface area contributed by atoms with E-state index in [0.717, 1.165) is 0 Å². The van der Waals surface area contributed by atoms with Gasteiger partial charge in [-0.25, -0.2) is 0 Å². The van der Waals surface area contributed by atoms with E-state index in [1.165, 1.54) is 17.2 Å². The van der Waals surface area contributed by atoms with Crippen LogP contribution in [0.25, 0.3) is 0 Å². The Balaban J connectivity index is 2.86. The zero-order chi connectivity index (χ0) is 9.14. The number of pyridine rings is 1. The number of nitrogens with zero attached hydrogens (tertiary/aromatic N) is 1. The fraction of sp³-hybridized carbons (Fsp3) is 0.455. The molecule has 0 spiro atoms. The number of hydrogen-bond donors (Lipinski definition) is 0. The smallest absolute Gasteiger partial charge is 0.0429 e. The molecule has 0 amide bonds. The Morgan fingerprint density at radius 2 is 1.92 bits per heavy atom. The van der Waals surface area contributed by atoms with Gasteiger partial charge in [0, 0.05) is 17.8 Å². The molecular formula is C11H16N. The predicted octanol–water partition coefficient (Wildman–Crippen LogP) is 3.17. The summed E-state index contributed by atoms with van der Waals surface area (Å²) in [7, 11) is 0. The van der Waals surface area contributed by atoms with Crippen molar-refractivity contribution in [2.24, 2.45) is 0 Å². The molecular weight excluding hydrogens is 146 g/mol. The summed E-state index contributed by atoms with van der Waals surface area (Å²) in [5.74, 6) is 1.84. The van der Waals surface area contributed by atoms with Crippen LogP contribution in [-0.4, -0.2) is 4.98 Å². The molecule has 0 fully saturated rings. The van der Waals surface area contributed by atoms with Crippen molar-refractivity contribution in [1.82, 2.24) is 4.98 Å². The van der Waals surface area contributed by atoms with Gasteiger partial charge in [0.25, 0.3) is 0 Å². The first kappa shape index (κ1) is 9.24. The number of rotatable bonds is 2. The predicted molar refractivity (Wildman–Crippen MR) is 52.0 cm³/mol. The van der Waals surface area contributed by atoms with Gasteiger partial charge in [0.1, 0.15) is 0 Å². The molecule has 12 heavy (non-hydrogen) atoms. The Morgan fingerprint density at radius 3 is 2.25 bits per heavy atom. The topological polar surface area (TPSA) is 12.9 Å². The molecule has 65 valence electrons. The third-order valence-corrected chi connectivity index (χ3v) is 1.96. The summed E-state index contributed by atoms with van der Waals surface area (Å²) in [6, 6.07) is 4.24. The molecule has 0 unspecified atom stereocenters. The molecule has 1 heterocycles. The molecule has 0 aromatic carbocycles. The summed E-state index contributed by atoms with van der Waals surface area (Å²) in [6.45, 7) is 8.52. The molecule has 1 nitrogen and oxygen atoms in total. The molecule has 0 aliphatic heterocycles. The average molecular weight is 162 g/mol.